The Kier molecular flexibility index (Phi) is 6.01. The maximum absolute atomic E-state index is 13.1. The van der Waals surface area contributed by atoms with E-state index in [9.17, 15) is 22.8 Å². The van der Waals surface area contributed by atoms with Gasteiger partial charge >= 0.3 is 6.18 Å². The lowest BCUT2D eigenvalue weighted by molar-refractivity contribution is -0.137. The summed E-state index contributed by atoms with van der Waals surface area (Å²) in [4.78, 5) is 31.3. The van der Waals surface area contributed by atoms with Crippen molar-refractivity contribution in [2.45, 2.75) is 25.8 Å². The van der Waals surface area contributed by atoms with Gasteiger partial charge in [0.15, 0.2) is 0 Å². The summed E-state index contributed by atoms with van der Waals surface area (Å²) < 4.78 is 40.2. The SMILES string of the molecule is O=C(Nc1ccc2c(c1)CN(C(=O)Cn1cccn1)C2)c1ccccc1-c1ccc(C(F)(F)F)cn1. The molecule has 5 rings (SSSR count). The number of rotatable bonds is 5. The van der Waals surface area contributed by atoms with E-state index < -0.39 is 17.6 Å². The van der Waals surface area contributed by atoms with Gasteiger partial charge in [0.2, 0.25) is 5.91 Å². The Bertz CT molecular complexity index is 1420. The van der Waals surface area contributed by atoms with Gasteiger partial charge in [-0.2, -0.15) is 18.3 Å². The quantitative estimate of drug-likeness (QED) is 0.437. The standard InChI is InChI=1S/C26H20F3N5O2/c27-26(28,29)19-7-9-23(30-13-19)21-4-1-2-5-22(21)25(36)32-20-8-6-17-14-33(15-18(17)12-20)24(35)16-34-11-3-10-31-34/h1-13H,14-16H2,(H,32,36). The molecule has 0 spiro atoms. The summed E-state index contributed by atoms with van der Waals surface area (Å²) in [6.45, 7) is 1.05. The van der Waals surface area contributed by atoms with Crippen LogP contribution >= 0.6 is 0 Å². The van der Waals surface area contributed by atoms with Gasteiger partial charge in [-0.25, -0.2) is 0 Å². The molecule has 0 aliphatic carbocycles. The van der Waals surface area contributed by atoms with Crippen molar-refractivity contribution in [3.05, 3.63) is 102 Å². The monoisotopic (exact) mass is 491 g/mol. The minimum absolute atomic E-state index is 0.0570. The molecule has 2 aromatic heterocycles. The fraction of sp³-hybridized carbons (Fsp3) is 0.154. The number of halogens is 3. The summed E-state index contributed by atoms with van der Waals surface area (Å²) in [7, 11) is 0. The summed E-state index contributed by atoms with van der Waals surface area (Å²) in [5, 5.41) is 6.91. The first kappa shape index (κ1) is 23.3. The molecule has 2 amide bonds. The molecule has 0 bridgehead atoms. The number of hydrogen-bond acceptors (Lipinski definition) is 4. The maximum Gasteiger partial charge on any atom is 0.417 e. The van der Waals surface area contributed by atoms with Crippen LogP contribution in [0.1, 0.15) is 27.0 Å². The fourth-order valence-electron chi connectivity index (χ4n) is 4.10. The Balaban J connectivity index is 1.31. The number of aromatic nitrogens is 3. The third-order valence-corrected chi connectivity index (χ3v) is 5.93. The number of carbonyl (C=O) groups is 2. The van der Waals surface area contributed by atoms with Crippen molar-refractivity contribution in [2.24, 2.45) is 0 Å². The molecule has 1 aliphatic rings. The number of hydrogen-bond donors (Lipinski definition) is 1. The lowest BCUT2D eigenvalue weighted by Crippen LogP contribution is -2.29. The number of nitrogens with zero attached hydrogens (tertiary/aromatic N) is 4. The maximum atomic E-state index is 13.1. The first-order valence-corrected chi connectivity index (χ1v) is 11.1. The Morgan fingerprint density at radius 1 is 0.972 bits per heavy atom. The molecule has 0 unspecified atom stereocenters. The van der Waals surface area contributed by atoms with Crippen molar-refractivity contribution in [2.75, 3.05) is 5.32 Å². The first-order chi connectivity index (χ1) is 17.3. The van der Waals surface area contributed by atoms with Gasteiger partial charge in [0.25, 0.3) is 5.91 Å². The number of amides is 2. The zero-order chi connectivity index (χ0) is 25.3. The molecule has 0 fully saturated rings. The Morgan fingerprint density at radius 2 is 1.78 bits per heavy atom. The van der Waals surface area contributed by atoms with Crippen molar-refractivity contribution in [3.63, 3.8) is 0 Å². The van der Waals surface area contributed by atoms with E-state index in [1.807, 2.05) is 12.1 Å². The number of anilines is 1. The highest BCUT2D eigenvalue weighted by molar-refractivity contribution is 6.08. The summed E-state index contributed by atoms with van der Waals surface area (Å²) in [5.41, 5.74) is 2.57. The van der Waals surface area contributed by atoms with Crippen LogP contribution in [0.25, 0.3) is 11.3 Å². The predicted octanol–water partition coefficient (Wildman–Crippen LogP) is 4.76. The van der Waals surface area contributed by atoms with E-state index in [0.29, 0.717) is 24.3 Å². The fourth-order valence-corrected chi connectivity index (χ4v) is 4.10. The zero-order valence-corrected chi connectivity index (χ0v) is 18.9. The number of benzene rings is 2. The molecule has 10 heteroatoms. The summed E-state index contributed by atoms with van der Waals surface area (Å²) in [6, 6.07) is 16.0. The average molecular weight is 491 g/mol. The Hall–Kier alpha value is -4.47. The number of nitrogens with one attached hydrogen (secondary N) is 1. The van der Waals surface area contributed by atoms with Crippen molar-refractivity contribution in [1.29, 1.82) is 0 Å². The minimum Gasteiger partial charge on any atom is -0.332 e. The molecule has 2 aromatic carbocycles. The molecule has 36 heavy (non-hydrogen) atoms. The average Bonchev–Trinajstić information content (AvgIpc) is 3.53. The van der Waals surface area contributed by atoms with Gasteiger partial charge in [0.1, 0.15) is 6.54 Å². The molecule has 4 aromatic rings. The molecule has 0 saturated carbocycles. The van der Waals surface area contributed by atoms with Gasteiger partial charge in [-0.3, -0.25) is 19.3 Å². The van der Waals surface area contributed by atoms with Crippen molar-refractivity contribution >= 4 is 17.5 Å². The van der Waals surface area contributed by atoms with Gasteiger partial charge in [-0.15, -0.1) is 0 Å². The Morgan fingerprint density at radius 3 is 2.50 bits per heavy atom. The van der Waals surface area contributed by atoms with E-state index in [1.54, 1.807) is 58.4 Å². The largest absolute Gasteiger partial charge is 0.417 e. The first-order valence-electron chi connectivity index (χ1n) is 11.1. The minimum atomic E-state index is -4.49. The van der Waals surface area contributed by atoms with Crippen LogP contribution in [-0.2, 0) is 30.6 Å². The third-order valence-electron chi connectivity index (χ3n) is 5.93. The van der Waals surface area contributed by atoms with E-state index in [1.165, 1.54) is 6.07 Å². The molecular formula is C26H20F3N5O2. The summed E-state index contributed by atoms with van der Waals surface area (Å²) in [6.07, 6.45) is -0.390. The lowest BCUT2D eigenvalue weighted by Gasteiger charge is -2.15. The number of alkyl halides is 3. The summed E-state index contributed by atoms with van der Waals surface area (Å²) >= 11 is 0. The van der Waals surface area contributed by atoms with Crippen molar-refractivity contribution in [3.8, 4) is 11.3 Å². The van der Waals surface area contributed by atoms with Crippen LogP contribution in [-0.4, -0.2) is 31.5 Å². The van der Waals surface area contributed by atoms with E-state index in [4.69, 9.17) is 0 Å². The molecular weight excluding hydrogens is 471 g/mol. The zero-order valence-electron chi connectivity index (χ0n) is 18.9. The number of carbonyl (C=O) groups excluding carboxylic acids is 2. The molecule has 0 atom stereocenters. The second-order valence-corrected chi connectivity index (χ2v) is 8.37. The van der Waals surface area contributed by atoms with E-state index >= 15 is 0 Å². The van der Waals surface area contributed by atoms with Gasteiger partial charge in [0, 0.05) is 48.5 Å². The molecule has 1 N–H and O–H groups in total. The van der Waals surface area contributed by atoms with Crippen LogP contribution in [0.4, 0.5) is 18.9 Å². The van der Waals surface area contributed by atoms with E-state index in [-0.39, 0.29) is 23.7 Å². The van der Waals surface area contributed by atoms with Gasteiger partial charge in [-0.1, -0.05) is 24.3 Å². The van der Waals surface area contributed by atoms with Crippen LogP contribution in [0.3, 0.4) is 0 Å². The molecule has 0 saturated heterocycles. The molecule has 182 valence electrons. The molecule has 0 radical (unpaired) electrons. The highest BCUT2D eigenvalue weighted by Gasteiger charge is 2.31. The van der Waals surface area contributed by atoms with Gasteiger partial charge in [-0.05, 0) is 47.5 Å². The van der Waals surface area contributed by atoms with Crippen LogP contribution in [0.5, 0.6) is 0 Å². The second-order valence-electron chi connectivity index (χ2n) is 8.37. The van der Waals surface area contributed by atoms with Crippen LogP contribution in [0, 0.1) is 0 Å². The summed E-state index contributed by atoms with van der Waals surface area (Å²) in [5.74, 6) is -0.477. The number of fused-ring (bicyclic) bond motifs is 1. The highest BCUT2D eigenvalue weighted by Crippen LogP contribution is 2.31. The van der Waals surface area contributed by atoms with E-state index in [0.717, 1.165) is 23.4 Å². The lowest BCUT2D eigenvalue weighted by atomic mass is 10.0. The van der Waals surface area contributed by atoms with Crippen molar-refractivity contribution in [1.82, 2.24) is 19.7 Å². The normalized spacial score (nSPS) is 12.9. The second kappa shape index (κ2) is 9.29. The molecule has 3 heterocycles. The number of pyridine rings is 1. The Labute approximate surface area is 204 Å². The predicted molar refractivity (Wildman–Crippen MR) is 126 cm³/mol. The molecule has 7 nitrogen and oxygen atoms in total. The van der Waals surface area contributed by atoms with Crippen LogP contribution in [0.15, 0.2) is 79.3 Å². The van der Waals surface area contributed by atoms with Gasteiger partial charge in [0.05, 0.1) is 11.3 Å². The van der Waals surface area contributed by atoms with E-state index in [2.05, 4.69) is 15.4 Å². The highest BCUT2D eigenvalue weighted by atomic mass is 19.4. The third kappa shape index (κ3) is 4.83. The van der Waals surface area contributed by atoms with Gasteiger partial charge < -0.3 is 10.2 Å². The van der Waals surface area contributed by atoms with Crippen molar-refractivity contribution < 1.29 is 22.8 Å². The molecule has 1 aliphatic heterocycles. The topological polar surface area (TPSA) is 80.1 Å². The smallest absolute Gasteiger partial charge is 0.332 e. The van der Waals surface area contributed by atoms with Crippen LogP contribution < -0.4 is 5.32 Å². The van der Waals surface area contributed by atoms with Crippen LogP contribution in [0.2, 0.25) is 0 Å².